The van der Waals surface area contributed by atoms with Gasteiger partial charge in [-0.3, -0.25) is 4.79 Å². The highest BCUT2D eigenvalue weighted by molar-refractivity contribution is 6.70. The Labute approximate surface area is 230 Å². The van der Waals surface area contributed by atoms with Crippen molar-refractivity contribution >= 4 is 22.6 Å². The Balaban J connectivity index is 1.57. The van der Waals surface area contributed by atoms with Crippen LogP contribution in [0, 0.1) is 46.3 Å². The zero-order chi connectivity index (χ0) is 27.4. The van der Waals surface area contributed by atoms with Gasteiger partial charge in [-0.25, -0.2) is 0 Å². The highest BCUT2D eigenvalue weighted by atomic mass is 28.4. The van der Waals surface area contributed by atoms with Gasteiger partial charge in [-0.1, -0.05) is 20.8 Å². The third-order valence-corrected chi connectivity index (χ3v) is 13.5. The first kappa shape index (κ1) is 29.8. The summed E-state index contributed by atoms with van der Waals surface area (Å²) in [5.74, 6) is 4.31. The normalized spacial score (nSPS) is 42.9. The lowest BCUT2D eigenvalue weighted by Gasteiger charge is -2.63. The van der Waals surface area contributed by atoms with Gasteiger partial charge in [-0.2, -0.15) is 0 Å². The second-order valence-electron chi connectivity index (χ2n) is 15.9. The Bertz CT molecular complexity index is 819. The van der Waals surface area contributed by atoms with Crippen molar-refractivity contribution in [1.29, 1.82) is 0 Å². The summed E-state index contributed by atoms with van der Waals surface area (Å²) < 4.78 is 18.8. The van der Waals surface area contributed by atoms with Crippen molar-refractivity contribution in [2.24, 2.45) is 46.3 Å². The third kappa shape index (κ3) is 6.12. The van der Waals surface area contributed by atoms with E-state index in [4.69, 9.17) is 13.6 Å². The molecule has 0 saturated heterocycles. The number of carbonyl (C=O) groups excluding carboxylic acids is 1. The van der Waals surface area contributed by atoms with Gasteiger partial charge in [0.25, 0.3) is 0 Å². The minimum atomic E-state index is -1.66. The first-order chi connectivity index (χ1) is 17.1. The van der Waals surface area contributed by atoms with Gasteiger partial charge in [0.15, 0.2) is 16.6 Å². The molecular formula is C31H58O4Si2. The molecule has 0 amide bonds. The molecule has 4 aliphatic carbocycles. The number of rotatable bonds is 8. The van der Waals surface area contributed by atoms with Gasteiger partial charge in [0.05, 0.1) is 7.11 Å². The molecule has 0 heterocycles. The lowest BCUT2D eigenvalue weighted by Crippen LogP contribution is -2.60. The number of carbonyl (C=O) groups is 1. The first-order valence-electron chi connectivity index (χ1n) is 15.5. The SMILES string of the molecule is COC(=O)CC[C@@H](C)[C@H]1CC[C@H]2[C@@H]3C[C@H](O[Si](C)(C)C)[C@@H]4C[C@H](O[Si](C)(C)C)CC[C@]4(C)[C@H]3CC[C@]12C. The molecule has 0 radical (unpaired) electrons. The minimum absolute atomic E-state index is 0.0541. The summed E-state index contributed by atoms with van der Waals surface area (Å²) in [6, 6.07) is 0. The van der Waals surface area contributed by atoms with E-state index in [1.165, 1.54) is 58.5 Å². The monoisotopic (exact) mass is 550 g/mol. The Hall–Kier alpha value is -0.176. The van der Waals surface area contributed by atoms with Gasteiger partial charge in [-0.15, -0.1) is 0 Å². The maximum absolute atomic E-state index is 11.9. The highest BCUT2D eigenvalue weighted by Gasteiger charge is 2.63. The Morgan fingerprint density at radius 2 is 1.46 bits per heavy atom. The Morgan fingerprint density at radius 1 is 0.838 bits per heavy atom. The number of fused-ring (bicyclic) bond motifs is 5. The van der Waals surface area contributed by atoms with Gasteiger partial charge in [-0.05, 0) is 143 Å². The molecule has 0 aromatic rings. The van der Waals surface area contributed by atoms with Gasteiger partial charge >= 0.3 is 5.97 Å². The molecule has 4 nitrogen and oxygen atoms in total. The smallest absolute Gasteiger partial charge is 0.305 e. The van der Waals surface area contributed by atoms with Crippen molar-refractivity contribution in [2.75, 3.05) is 7.11 Å². The summed E-state index contributed by atoms with van der Waals surface area (Å²) in [6.07, 6.45) is 12.8. The first-order valence-corrected chi connectivity index (χ1v) is 22.3. The van der Waals surface area contributed by atoms with E-state index in [1.54, 1.807) is 0 Å². The Kier molecular flexibility index (Phi) is 8.59. The molecule has 0 N–H and O–H groups in total. The van der Waals surface area contributed by atoms with E-state index in [1.807, 2.05) is 0 Å². The molecule has 0 unspecified atom stereocenters. The van der Waals surface area contributed by atoms with Crippen LogP contribution in [-0.2, 0) is 18.4 Å². The van der Waals surface area contributed by atoms with Gasteiger partial charge < -0.3 is 13.6 Å². The maximum atomic E-state index is 11.9. The van der Waals surface area contributed by atoms with Crippen molar-refractivity contribution in [3.05, 3.63) is 0 Å². The molecule has 10 atom stereocenters. The highest BCUT2D eigenvalue weighted by Crippen LogP contribution is 2.69. The molecule has 4 fully saturated rings. The summed E-state index contributed by atoms with van der Waals surface area (Å²) in [6.45, 7) is 21.9. The van der Waals surface area contributed by atoms with E-state index in [0.717, 1.165) is 30.1 Å². The molecule has 0 spiro atoms. The molecule has 214 valence electrons. The summed E-state index contributed by atoms with van der Waals surface area (Å²) in [7, 11) is -1.70. The summed E-state index contributed by atoms with van der Waals surface area (Å²) in [4.78, 5) is 11.9. The van der Waals surface area contributed by atoms with Gasteiger partial charge in [0.2, 0.25) is 0 Å². The molecule has 4 rings (SSSR count). The molecule has 4 saturated carbocycles. The van der Waals surface area contributed by atoms with Crippen LogP contribution < -0.4 is 0 Å². The average Bonchev–Trinajstić information content (AvgIpc) is 3.13. The predicted molar refractivity (Wildman–Crippen MR) is 157 cm³/mol. The largest absolute Gasteiger partial charge is 0.469 e. The number of esters is 1. The van der Waals surface area contributed by atoms with Crippen LogP contribution >= 0.6 is 0 Å². The molecular weight excluding hydrogens is 493 g/mol. The summed E-state index contributed by atoms with van der Waals surface area (Å²) >= 11 is 0. The molecule has 0 aromatic heterocycles. The van der Waals surface area contributed by atoms with E-state index < -0.39 is 16.6 Å². The molecule has 0 bridgehead atoms. The Morgan fingerprint density at radius 3 is 2.08 bits per heavy atom. The molecule has 37 heavy (non-hydrogen) atoms. The second kappa shape index (κ2) is 10.7. The summed E-state index contributed by atoms with van der Waals surface area (Å²) in [5, 5.41) is 0. The van der Waals surface area contributed by atoms with Crippen LogP contribution in [0.4, 0.5) is 0 Å². The van der Waals surface area contributed by atoms with Crippen LogP contribution in [-0.4, -0.2) is 41.9 Å². The number of hydrogen-bond donors (Lipinski definition) is 0. The van der Waals surface area contributed by atoms with Crippen molar-refractivity contribution in [1.82, 2.24) is 0 Å². The van der Waals surface area contributed by atoms with E-state index in [-0.39, 0.29) is 5.97 Å². The fourth-order valence-corrected chi connectivity index (χ4v) is 12.4. The summed E-state index contributed by atoms with van der Waals surface area (Å²) in [5.41, 5.74) is 0.782. The number of methoxy groups -OCH3 is 1. The van der Waals surface area contributed by atoms with Crippen LogP contribution in [0.3, 0.4) is 0 Å². The van der Waals surface area contributed by atoms with Gasteiger partial charge in [0.1, 0.15) is 0 Å². The second-order valence-corrected chi connectivity index (χ2v) is 24.9. The lowest BCUT2D eigenvalue weighted by molar-refractivity contribution is -0.166. The van der Waals surface area contributed by atoms with Crippen molar-refractivity contribution in [2.45, 2.75) is 136 Å². The molecule has 0 aromatic carbocycles. The topological polar surface area (TPSA) is 44.8 Å². The van der Waals surface area contributed by atoms with Crippen LogP contribution in [0.15, 0.2) is 0 Å². The average molecular weight is 551 g/mol. The zero-order valence-electron chi connectivity index (χ0n) is 25.8. The number of hydrogen-bond acceptors (Lipinski definition) is 4. The zero-order valence-corrected chi connectivity index (χ0v) is 27.8. The van der Waals surface area contributed by atoms with E-state index in [0.29, 0.717) is 41.3 Å². The van der Waals surface area contributed by atoms with Crippen LogP contribution in [0.25, 0.3) is 0 Å². The molecule has 4 aliphatic rings. The minimum Gasteiger partial charge on any atom is -0.469 e. The fourth-order valence-electron chi connectivity index (χ4n) is 10.0. The quantitative estimate of drug-likeness (QED) is 0.225. The van der Waals surface area contributed by atoms with Crippen molar-refractivity contribution in [3.8, 4) is 0 Å². The van der Waals surface area contributed by atoms with Crippen LogP contribution in [0.1, 0.15) is 85.0 Å². The fraction of sp³-hybridized carbons (Fsp3) is 0.968. The molecule has 0 aliphatic heterocycles. The van der Waals surface area contributed by atoms with E-state index in [2.05, 4.69) is 60.1 Å². The van der Waals surface area contributed by atoms with Crippen molar-refractivity contribution in [3.63, 3.8) is 0 Å². The predicted octanol–water partition coefficient (Wildman–Crippen LogP) is 8.28. The van der Waals surface area contributed by atoms with Crippen LogP contribution in [0.5, 0.6) is 0 Å². The lowest BCUT2D eigenvalue weighted by atomic mass is 9.43. The third-order valence-electron chi connectivity index (χ3n) is 11.4. The van der Waals surface area contributed by atoms with Crippen molar-refractivity contribution < 1.29 is 18.4 Å². The standard InChI is InChI=1S/C31H58O4Si2/c1-21(11-14-29(32)33-4)24-12-13-25-23-20-28(35-37(8,9)10)27-19-22(34-36(5,6)7)15-17-31(27,3)26(23)16-18-30(24,25)2/h21-28H,11-20H2,1-10H3/t21-,22-,23+,24-,25+,26+,27+,28+,30-,31-/m1/s1. The van der Waals surface area contributed by atoms with E-state index in [9.17, 15) is 4.79 Å². The van der Waals surface area contributed by atoms with Gasteiger partial charge in [0, 0.05) is 18.6 Å². The number of ether oxygens (including phenoxy) is 1. The van der Waals surface area contributed by atoms with Crippen LogP contribution in [0.2, 0.25) is 39.3 Å². The van der Waals surface area contributed by atoms with E-state index >= 15 is 0 Å². The maximum Gasteiger partial charge on any atom is 0.305 e. The molecule has 6 heteroatoms.